The molecule has 0 atom stereocenters. The summed E-state index contributed by atoms with van der Waals surface area (Å²) in [4.78, 5) is 12.2. The maximum absolute atomic E-state index is 12.2. The number of rotatable bonds is 8. The number of hydrogen-bond acceptors (Lipinski definition) is 3. The molecule has 2 aromatic carbocycles. The first kappa shape index (κ1) is 18.0. The molecule has 0 fully saturated rings. The lowest BCUT2D eigenvalue weighted by atomic mass is 10.1. The molecule has 0 bridgehead atoms. The molecular weight excluding hydrogens is 300 g/mol. The van der Waals surface area contributed by atoms with Crippen molar-refractivity contribution in [2.45, 2.75) is 33.7 Å². The number of ether oxygens (including phenoxy) is 1. The number of hydrogen-bond donors (Lipinski definition) is 2. The van der Waals surface area contributed by atoms with Crippen LogP contribution in [0.2, 0.25) is 0 Å². The minimum Gasteiger partial charge on any atom is -0.493 e. The van der Waals surface area contributed by atoms with E-state index in [4.69, 9.17) is 4.74 Å². The zero-order valence-electron chi connectivity index (χ0n) is 14.7. The molecule has 0 spiro atoms. The highest BCUT2D eigenvalue weighted by Crippen LogP contribution is 2.17. The number of para-hydroxylation sites is 1. The Labute approximate surface area is 144 Å². The number of carbonyl (C=O) groups excluding carboxylic acids is 1. The molecule has 0 aliphatic rings. The van der Waals surface area contributed by atoms with Gasteiger partial charge < -0.3 is 15.4 Å². The molecule has 4 heteroatoms. The lowest BCUT2D eigenvalue weighted by molar-refractivity contribution is -0.116. The third-order valence-corrected chi connectivity index (χ3v) is 3.65. The van der Waals surface area contributed by atoms with E-state index in [9.17, 15) is 4.79 Å². The molecule has 0 unspecified atom stereocenters. The van der Waals surface area contributed by atoms with E-state index in [0.717, 1.165) is 41.2 Å². The topological polar surface area (TPSA) is 50.4 Å². The molecule has 128 valence electrons. The van der Waals surface area contributed by atoms with Crippen LogP contribution in [0.3, 0.4) is 0 Å². The van der Waals surface area contributed by atoms with Crippen LogP contribution in [0.4, 0.5) is 5.69 Å². The van der Waals surface area contributed by atoms with Crippen LogP contribution in [0.1, 0.15) is 30.0 Å². The Balaban J connectivity index is 1.85. The Hall–Kier alpha value is -2.33. The summed E-state index contributed by atoms with van der Waals surface area (Å²) in [5.41, 5.74) is 4.26. The van der Waals surface area contributed by atoms with Crippen LogP contribution in [-0.4, -0.2) is 19.1 Å². The normalized spacial score (nSPS) is 10.5. The molecule has 4 nitrogen and oxygen atoms in total. The van der Waals surface area contributed by atoms with Crippen LogP contribution in [0.25, 0.3) is 0 Å². The van der Waals surface area contributed by atoms with E-state index in [0.29, 0.717) is 13.0 Å². The average molecular weight is 326 g/mol. The minimum atomic E-state index is -0.0386. The average Bonchev–Trinajstić information content (AvgIpc) is 2.53. The van der Waals surface area contributed by atoms with Crippen molar-refractivity contribution in [1.29, 1.82) is 0 Å². The third kappa shape index (κ3) is 5.70. The van der Waals surface area contributed by atoms with Crippen molar-refractivity contribution >= 4 is 11.6 Å². The molecule has 1 amide bonds. The summed E-state index contributed by atoms with van der Waals surface area (Å²) in [6, 6.07) is 13.9. The monoisotopic (exact) mass is 326 g/mol. The van der Waals surface area contributed by atoms with Crippen molar-refractivity contribution in [3.8, 4) is 5.75 Å². The first-order valence-corrected chi connectivity index (χ1v) is 8.38. The van der Waals surface area contributed by atoms with Gasteiger partial charge in [0.2, 0.25) is 5.91 Å². The van der Waals surface area contributed by atoms with Crippen LogP contribution in [-0.2, 0) is 11.3 Å². The second-order valence-corrected chi connectivity index (χ2v) is 5.91. The third-order valence-electron chi connectivity index (χ3n) is 3.65. The van der Waals surface area contributed by atoms with Gasteiger partial charge in [0.25, 0.3) is 0 Å². The summed E-state index contributed by atoms with van der Waals surface area (Å²) in [5, 5.41) is 6.25. The summed E-state index contributed by atoms with van der Waals surface area (Å²) in [5.74, 6) is 0.774. The molecule has 24 heavy (non-hydrogen) atoms. The van der Waals surface area contributed by atoms with Gasteiger partial charge in [0.1, 0.15) is 5.75 Å². The lowest BCUT2D eigenvalue weighted by Gasteiger charge is -2.12. The van der Waals surface area contributed by atoms with Gasteiger partial charge in [0.15, 0.2) is 0 Å². The van der Waals surface area contributed by atoms with E-state index in [1.165, 1.54) is 0 Å². The lowest BCUT2D eigenvalue weighted by Crippen LogP contribution is -2.18. The molecule has 0 aromatic heterocycles. The Morgan fingerprint density at radius 2 is 1.79 bits per heavy atom. The second-order valence-electron chi connectivity index (χ2n) is 5.91. The van der Waals surface area contributed by atoms with E-state index in [-0.39, 0.29) is 5.91 Å². The van der Waals surface area contributed by atoms with Gasteiger partial charge in [-0.3, -0.25) is 4.79 Å². The van der Waals surface area contributed by atoms with Gasteiger partial charge in [0, 0.05) is 12.2 Å². The number of aryl methyl sites for hydroxylation is 2. The largest absolute Gasteiger partial charge is 0.493 e. The molecular formula is C20H26N2O2. The Morgan fingerprint density at radius 1 is 1.08 bits per heavy atom. The second kappa shape index (κ2) is 9.08. The van der Waals surface area contributed by atoms with Crippen molar-refractivity contribution in [2.24, 2.45) is 0 Å². The van der Waals surface area contributed by atoms with Crippen LogP contribution < -0.4 is 15.4 Å². The van der Waals surface area contributed by atoms with Crippen LogP contribution >= 0.6 is 0 Å². The van der Waals surface area contributed by atoms with Crippen molar-refractivity contribution in [2.75, 3.05) is 18.5 Å². The van der Waals surface area contributed by atoms with Gasteiger partial charge in [0.05, 0.1) is 13.0 Å². The Morgan fingerprint density at radius 3 is 2.50 bits per heavy atom. The number of benzene rings is 2. The number of nitrogens with one attached hydrogen (secondary N) is 2. The quantitative estimate of drug-likeness (QED) is 0.775. The number of amides is 1. The Bertz CT molecular complexity index is 663. The molecule has 0 saturated heterocycles. The molecule has 2 rings (SSSR count). The standard InChI is InChI=1S/C20H26N2O2/c1-4-21-14-17-7-5-6-8-19(17)22-20(23)9-10-24-18-12-15(2)11-16(3)13-18/h5-8,11-13,21H,4,9-10,14H2,1-3H3,(H,22,23). The van der Waals surface area contributed by atoms with E-state index in [1.54, 1.807) is 0 Å². The zero-order valence-corrected chi connectivity index (χ0v) is 14.7. The first-order valence-electron chi connectivity index (χ1n) is 8.38. The molecule has 2 N–H and O–H groups in total. The van der Waals surface area contributed by atoms with Crippen molar-refractivity contribution < 1.29 is 9.53 Å². The van der Waals surface area contributed by atoms with Crippen LogP contribution in [0.15, 0.2) is 42.5 Å². The highest BCUT2D eigenvalue weighted by atomic mass is 16.5. The summed E-state index contributed by atoms with van der Waals surface area (Å²) in [6.45, 7) is 8.13. The molecule has 2 aromatic rings. The summed E-state index contributed by atoms with van der Waals surface area (Å²) < 4.78 is 5.70. The fourth-order valence-corrected chi connectivity index (χ4v) is 2.55. The first-order chi connectivity index (χ1) is 11.6. The zero-order chi connectivity index (χ0) is 17.4. The van der Waals surface area contributed by atoms with E-state index in [2.05, 4.69) is 23.6 Å². The molecule has 0 heterocycles. The maximum atomic E-state index is 12.2. The smallest absolute Gasteiger partial charge is 0.227 e. The van der Waals surface area contributed by atoms with Gasteiger partial charge >= 0.3 is 0 Å². The highest BCUT2D eigenvalue weighted by molar-refractivity contribution is 5.91. The molecule has 0 radical (unpaired) electrons. The highest BCUT2D eigenvalue weighted by Gasteiger charge is 2.07. The van der Waals surface area contributed by atoms with Crippen molar-refractivity contribution in [3.63, 3.8) is 0 Å². The van der Waals surface area contributed by atoms with E-state index < -0.39 is 0 Å². The maximum Gasteiger partial charge on any atom is 0.227 e. The molecule has 0 aliphatic carbocycles. The van der Waals surface area contributed by atoms with Gasteiger partial charge in [-0.15, -0.1) is 0 Å². The van der Waals surface area contributed by atoms with Crippen LogP contribution in [0, 0.1) is 13.8 Å². The molecule has 0 saturated carbocycles. The van der Waals surface area contributed by atoms with Crippen molar-refractivity contribution in [3.05, 3.63) is 59.2 Å². The number of anilines is 1. The van der Waals surface area contributed by atoms with Crippen LogP contribution in [0.5, 0.6) is 5.75 Å². The summed E-state index contributed by atoms with van der Waals surface area (Å²) in [7, 11) is 0. The molecule has 0 aliphatic heterocycles. The van der Waals surface area contributed by atoms with Gasteiger partial charge in [-0.1, -0.05) is 31.2 Å². The predicted octanol–water partition coefficient (Wildman–Crippen LogP) is 3.82. The Kier molecular flexibility index (Phi) is 6.82. The SMILES string of the molecule is CCNCc1ccccc1NC(=O)CCOc1cc(C)cc(C)c1. The van der Waals surface area contributed by atoms with Gasteiger partial charge in [-0.2, -0.15) is 0 Å². The number of carbonyl (C=O) groups is 1. The van der Waals surface area contributed by atoms with Gasteiger partial charge in [-0.25, -0.2) is 0 Å². The predicted molar refractivity (Wildman–Crippen MR) is 98.5 cm³/mol. The van der Waals surface area contributed by atoms with Gasteiger partial charge in [-0.05, 0) is 55.3 Å². The van der Waals surface area contributed by atoms with E-state index in [1.807, 2.05) is 50.2 Å². The van der Waals surface area contributed by atoms with Crippen molar-refractivity contribution in [1.82, 2.24) is 5.32 Å². The minimum absolute atomic E-state index is 0.0386. The van der Waals surface area contributed by atoms with E-state index >= 15 is 0 Å². The summed E-state index contributed by atoms with van der Waals surface area (Å²) in [6.07, 6.45) is 0.322. The summed E-state index contributed by atoms with van der Waals surface area (Å²) >= 11 is 0. The fourth-order valence-electron chi connectivity index (χ4n) is 2.55. The fraction of sp³-hybridized carbons (Fsp3) is 0.350.